The molecule has 3 heteroatoms. The molecular formula is C12H18N2O. The Balaban J connectivity index is 1.96. The van der Waals surface area contributed by atoms with Crippen LogP contribution in [0.15, 0.2) is 18.3 Å². The summed E-state index contributed by atoms with van der Waals surface area (Å²) in [7, 11) is 0. The molecule has 1 aliphatic rings. The lowest BCUT2D eigenvalue weighted by Gasteiger charge is -2.15. The highest BCUT2D eigenvalue weighted by Gasteiger charge is 2.23. The number of aliphatic hydroxyl groups is 1. The third-order valence-electron chi connectivity index (χ3n) is 3.03. The number of aryl methyl sites for hydroxylation is 1. The molecule has 0 spiro atoms. The first-order chi connectivity index (χ1) is 7.31. The van der Waals surface area contributed by atoms with Gasteiger partial charge < -0.3 is 10.4 Å². The van der Waals surface area contributed by atoms with Gasteiger partial charge in [0.05, 0.1) is 17.8 Å². The molecule has 0 aromatic carbocycles. The van der Waals surface area contributed by atoms with Crippen molar-refractivity contribution in [1.82, 2.24) is 10.3 Å². The van der Waals surface area contributed by atoms with Crippen LogP contribution in [-0.2, 0) is 6.42 Å². The SMILES string of the molecule is CCC(O)CNC1CCc2cccnc21. The van der Waals surface area contributed by atoms with Gasteiger partial charge in [0.2, 0.25) is 0 Å². The Hall–Kier alpha value is -0.930. The molecule has 0 amide bonds. The Morgan fingerprint density at radius 2 is 2.53 bits per heavy atom. The minimum atomic E-state index is -0.238. The Kier molecular flexibility index (Phi) is 3.34. The van der Waals surface area contributed by atoms with Gasteiger partial charge in [-0.05, 0) is 30.9 Å². The first kappa shape index (κ1) is 10.6. The molecule has 3 nitrogen and oxygen atoms in total. The number of hydrogen-bond acceptors (Lipinski definition) is 3. The number of hydrogen-bond donors (Lipinski definition) is 2. The van der Waals surface area contributed by atoms with E-state index >= 15 is 0 Å². The predicted octanol–water partition coefficient (Wildman–Crippen LogP) is 1.43. The summed E-state index contributed by atoms with van der Waals surface area (Å²) >= 11 is 0. The van der Waals surface area contributed by atoms with E-state index in [1.165, 1.54) is 11.3 Å². The van der Waals surface area contributed by atoms with E-state index in [2.05, 4.69) is 16.4 Å². The van der Waals surface area contributed by atoms with Crippen molar-refractivity contribution in [3.63, 3.8) is 0 Å². The molecule has 15 heavy (non-hydrogen) atoms. The number of rotatable bonds is 4. The molecule has 2 rings (SSSR count). The fourth-order valence-electron chi connectivity index (χ4n) is 2.03. The summed E-state index contributed by atoms with van der Waals surface area (Å²) in [5.74, 6) is 0. The molecule has 0 fully saturated rings. The molecule has 1 aliphatic carbocycles. The van der Waals surface area contributed by atoms with Crippen molar-refractivity contribution in [1.29, 1.82) is 0 Å². The first-order valence-electron chi connectivity index (χ1n) is 5.66. The fourth-order valence-corrected chi connectivity index (χ4v) is 2.03. The van der Waals surface area contributed by atoms with Gasteiger partial charge >= 0.3 is 0 Å². The summed E-state index contributed by atoms with van der Waals surface area (Å²) in [5.41, 5.74) is 2.52. The number of nitrogens with one attached hydrogen (secondary N) is 1. The van der Waals surface area contributed by atoms with Gasteiger partial charge in [-0.1, -0.05) is 13.0 Å². The van der Waals surface area contributed by atoms with Gasteiger partial charge in [0.1, 0.15) is 0 Å². The smallest absolute Gasteiger partial charge is 0.0662 e. The van der Waals surface area contributed by atoms with E-state index in [-0.39, 0.29) is 6.10 Å². The second-order valence-electron chi connectivity index (χ2n) is 4.11. The summed E-state index contributed by atoms with van der Waals surface area (Å²) in [4.78, 5) is 4.40. The highest BCUT2D eigenvalue weighted by Crippen LogP contribution is 2.28. The van der Waals surface area contributed by atoms with Crippen LogP contribution in [0.4, 0.5) is 0 Å². The van der Waals surface area contributed by atoms with Crippen molar-refractivity contribution >= 4 is 0 Å². The highest BCUT2D eigenvalue weighted by molar-refractivity contribution is 5.27. The van der Waals surface area contributed by atoms with E-state index in [1.807, 2.05) is 19.2 Å². The van der Waals surface area contributed by atoms with Crippen molar-refractivity contribution in [2.75, 3.05) is 6.54 Å². The first-order valence-corrected chi connectivity index (χ1v) is 5.66. The minimum absolute atomic E-state index is 0.238. The van der Waals surface area contributed by atoms with Gasteiger partial charge in [-0.25, -0.2) is 0 Å². The summed E-state index contributed by atoms with van der Waals surface area (Å²) in [6.45, 7) is 2.66. The number of aromatic nitrogens is 1. The van der Waals surface area contributed by atoms with Crippen LogP contribution in [0, 0.1) is 0 Å². The Morgan fingerprint density at radius 3 is 3.33 bits per heavy atom. The molecule has 0 saturated heterocycles. The molecule has 82 valence electrons. The summed E-state index contributed by atoms with van der Waals surface area (Å²) in [5, 5.41) is 12.9. The summed E-state index contributed by atoms with van der Waals surface area (Å²) in [6.07, 6.45) is 4.60. The quantitative estimate of drug-likeness (QED) is 0.783. The predicted molar refractivity (Wildman–Crippen MR) is 59.6 cm³/mol. The standard InChI is InChI=1S/C12H18N2O/c1-2-10(15)8-14-11-6-5-9-4-3-7-13-12(9)11/h3-4,7,10-11,14-15H,2,5-6,8H2,1H3. The van der Waals surface area contributed by atoms with Crippen molar-refractivity contribution in [3.05, 3.63) is 29.6 Å². The van der Waals surface area contributed by atoms with Gasteiger partial charge in [0.25, 0.3) is 0 Å². The lowest BCUT2D eigenvalue weighted by molar-refractivity contribution is 0.162. The molecule has 0 saturated carbocycles. The Labute approximate surface area is 90.5 Å². The Bertz CT molecular complexity index is 327. The largest absolute Gasteiger partial charge is 0.392 e. The number of fused-ring (bicyclic) bond motifs is 1. The van der Waals surface area contributed by atoms with E-state index in [0.717, 1.165) is 19.3 Å². The van der Waals surface area contributed by atoms with Crippen LogP contribution in [-0.4, -0.2) is 22.7 Å². The minimum Gasteiger partial charge on any atom is -0.392 e. The zero-order chi connectivity index (χ0) is 10.7. The second-order valence-corrected chi connectivity index (χ2v) is 4.11. The van der Waals surface area contributed by atoms with E-state index < -0.39 is 0 Å². The zero-order valence-electron chi connectivity index (χ0n) is 9.11. The molecule has 1 aromatic heterocycles. The van der Waals surface area contributed by atoms with Crippen LogP contribution in [0.5, 0.6) is 0 Å². The van der Waals surface area contributed by atoms with Gasteiger partial charge in [-0.3, -0.25) is 4.98 Å². The van der Waals surface area contributed by atoms with Crippen LogP contribution >= 0.6 is 0 Å². The van der Waals surface area contributed by atoms with Gasteiger partial charge in [0, 0.05) is 12.7 Å². The highest BCUT2D eigenvalue weighted by atomic mass is 16.3. The normalized spacial score (nSPS) is 21.3. The topological polar surface area (TPSA) is 45.1 Å². The van der Waals surface area contributed by atoms with Gasteiger partial charge in [-0.15, -0.1) is 0 Å². The zero-order valence-corrected chi connectivity index (χ0v) is 9.11. The maximum absolute atomic E-state index is 9.48. The number of pyridine rings is 1. The molecule has 1 aromatic rings. The van der Waals surface area contributed by atoms with Crippen LogP contribution in [0.25, 0.3) is 0 Å². The van der Waals surface area contributed by atoms with Crippen LogP contribution in [0.3, 0.4) is 0 Å². The lowest BCUT2D eigenvalue weighted by Crippen LogP contribution is -2.29. The molecule has 0 aliphatic heterocycles. The van der Waals surface area contributed by atoms with Crippen LogP contribution in [0.2, 0.25) is 0 Å². The van der Waals surface area contributed by atoms with Crippen molar-refractivity contribution < 1.29 is 5.11 Å². The summed E-state index contributed by atoms with van der Waals surface area (Å²) < 4.78 is 0. The van der Waals surface area contributed by atoms with Crippen molar-refractivity contribution in [2.24, 2.45) is 0 Å². The number of aliphatic hydroxyl groups excluding tert-OH is 1. The molecule has 2 N–H and O–H groups in total. The maximum Gasteiger partial charge on any atom is 0.0662 e. The third kappa shape index (κ3) is 2.36. The van der Waals surface area contributed by atoms with Crippen LogP contribution < -0.4 is 5.32 Å². The Morgan fingerprint density at radius 1 is 1.67 bits per heavy atom. The molecular weight excluding hydrogens is 188 g/mol. The number of nitrogens with zero attached hydrogens (tertiary/aromatic N) is 1. The van der Waals surface area contributed by atoms with E-state index in [9.17, 15) is 5.11 Å². The van der Waals surface area contributed by atoms with Crippen molar-refractivity contribution in [3.8, 4) is 0 Å². The summed E-state index contributed by atoms with van der Waals surface area (Å²) in [6, 6.07) is 4.46. The third-order valence-corrected chi connectivity index (χ3v) is 3.03. The average Bonchev–Trinajstić information content (AvgIpc) is 2.69. The van der Waals surface area contributed by atoms with E-state index in [0.29, 0.717) is 12.6 Å². The lowest BCUT2D eigenvalue weighted by atomic mass is 10.2. The monoisotopic (exact) mass is 206 g/mol. The molecule has 2 atom stereocenters. The maximum atomic E-state index is 9.48. The fraction of sp³-hybridized carbons (Fsp3) is 0.583. The molecule has 2 unspecified atom stereocenters. The second kappa shape index (κ2) is 4.73. The van der Waals surface area contributed by atoms with Crippen LogP contribution in [0.1, 0.15) is 37.1 Å². The van der Waals surface area contributed by atoms with E-state index in [1.54, 1.807) is 0 Å². The molecule has 1 heterocycles. The molecule has 0 radical (unpaired) electrons. The molecule has 0 bridgehead atoms. The van der Waals surface area contributed by atoms with Gasteiger partial charge in [0.15, 0.2) is 0 Å². The average molecular weight is 206 g/mol. The van der Waals surface area contributed by atoms with Crippen molar-refractivity contribution in [2.45, 2.75) is 38.3 Å². The van der Waals surface area contributed by atoms with Gasteiger partial charge in [-0.2, -0.15) is 0 Å². The van der Waals surface area contributed by atoms with E-state index in [4.69, 9.17) is 0 Å².